The molecule has 0 aliphatic carbocycles. The first-order valence-corrected chi connectivity index (χ1v) is 4.95. The number of hydrogen-bond donors (Lipinski definition) is 2. The predicted octanol–water partition coefficient (Wildman–Crippen LogP) is 0.902. The molecular weight excluding hydrogens is 165 g/mol. The van der Waals surface area contributed by atoms with Crippen molar-refractivity contribution in [2.24, 2.45) is 5.73 Å². The highest BCUT2D eigenvalue weighted by Gasteiger charge is 2.20. The maximum Gasteiger partial charge on any atom is 0.316 e. The molecule has 0 aromatic rings. The molecule has 0 aromatic heterocycles. The Morgan fingerprint density at radius 1 is 1.55 bits per heavy atom. The highest BCUT2D eigenvalue weighted by atomic mass is 31.1. The van der Waals surface area contributed by atoms with Crippen molar-refractivity contribution in [2.75, 3.05) is 6.61 Å². The van der Waals surface area contributed by atoms with Gasteiger partial charge in [0.1, 0.15) is 0 Å². The van der Waals surface area contributed by atoms with Crippen LogP contribution in [0.2, 0.25) is 0 Å². The van der Waals surface area contributed by atoms with Gasteiger partial charge in [-0.05, 0) is 12.8 Å². The Morgan fingerprint density at radius 2 is 2.00 bits per heavy atom. The molecule has 0 aliphatic rings. The molecular formula is C6H16NO3P. The Hall–Kier alpha value is 0.110. The monoisotopic (exact) mass is 181 g/mol. The fourth-order valence-corrected chi connectivity index (χ4v) is 1.07. The summed E-state index contributed by atoms with van der Waals surface area (Å²) in [6, 6.07) is 0. The summed E-state index contributed by atoms with van der Waals surface area (Å²) in [5.41, 5.74) is 5.34. The molecule has 0 bridgehead atoms. The molecule has 68 valence electrons. The van der Waals surface area contributed by atoms with Gasteiger partial charge in [-0.3, -0.25) is 4.57 Å². The van der Waals surface area contributed by atoms with Crippen LogP contribution in [0, 0.1) is 0 Å². The molecule has 1 unspecified atom stereocenters. The van der Waals surface area contributed by atoms with Gasteiger partial charge in [0.2, 0.25) is 0 Å². The summed E-state index contributed by atoms with van der Waals surface area (Å²) >= 11 is 0. The van der Waals surface area contributed by atoms with Crippen LogP contribution in [0.25, 0.3) is 0 Å². The van der Waals surface area contributed by atoms with Gasteiger partial charge in [0, 0.05) is 5.54 Å². The Labute approximate surface area is 67.7 Å². The number of rotatable bonds is 5. The molecule has 0 radical (unpaired) electrons. The van der Waals surface area contributed by atoms with Gasteiger partial charge in [0.15, 0.2) is 0 Å². The zero-order valence-electron chi connectivity index (χ0n) is 6.96. The van der Waals surface area contributed by atoms with E-state index >= 15 is 0 Å². The minimum absolute atomic E-state index is 0.161. The van der Waals surface area contributed by atoms with Crippen LogP contribution in [-0.4, -0.2) is 17.0 Å². The van der Waals surface area contributed by atoms with E-state index in [0.29, 0.717) is 0 Å². The van der Waals surface area contributed by atoms with E-state index in [9.17, 15) is 4.57 Å². The van der Waals surface area contributed by atoms with Crippen molar-refractivity contribution in [1.29, 1.82) is 0 Å². The summed E-state index contributed by atoms with van der Waals surface area (Å²) in [5.74, 6) is 0. The zero-order valence-corrected chi connectivity index (χ0v) is 7.96. The first-order chi connectivity index (χ1) is 5.04. The van der Waals surface area contributed by atoms with E-state index in [1.807, 2.05) is 13.8 Å². The molecule has 0 fully saturated rings. The molecule has 0 heterocycles. The fourth-order valence-electron chi connectivity index (χ4n) is 0.660. The average molecular weight is 181 g/mol. The Kier molecular flexibility index (Phi) is 4.93. The molecule has 1 atom stereocenters. The summed E-state index contributed by atoms with van der Waals surface area (Å²) in [4.78, 5) is 8.38. The predicted molar refractivity (Wildman–Crippen MR) is 44.7 cm³/mol. The lowest BCUT2D eigenvalue weighted by Gasteiger charge is -2.25. The number of nitrogens with two attached hydrogens (primary N) is 1. The number of hydrogen-bond acceptors (Lipinski definition) is 3. The molecule has 0 aliphatic heterocycles. The molecule has 11 heavy (non-hydrogen) atoms. The van der Waals surface area contributed by atoms with E-state index in [1.165, 1.54) is 0 Å². The van der Waals surface area contributed by atoms with E-state index in [-0.39, 0.29) is 6.61 Å². The van der Waals surface area contributed by atoms with Crippen molar-refractivity contribution in [3.63, 3.8) is 0 Å². The third-order valence-corrected chi connectivity index (χ3v) is 2.28. The van der Waals surface area contributed by atoms with Gasteiger partial charge in [0.25, 0.3) is 0 Å². The molecule has 0 spiro atoms. The van der Waals surface area contributed by atoms with Crippen LogP contribution in [0.5, 0.6) is 0 Å². The van der Waals surface area contributed by atoms with Gasteiger partial charge in [-0.15, -0.1) is 0 Å². The van der Waals surface area contributed by atoms with Crippen LogP contribution in [-0.2, 0) is 9.09 Å². The second-order valence-electron chi connectivity index (χ2n) is 2.62. The van der Waals surface area contributed by atoms with Gasteiger partial charge in [-0.25, -0.2) is 0 Å². The lowest BCUT2D eigenvalue weighted by atomic mass is 9.96. The largest absolute Gasteiger partial charge is 0.326 e. The normalized spacial score (nSPS) is 14.9. The standard InChI is InChI=1S/C6H16NO3P/c1-3-6(7,4-2)5-10-11(8)9/h11H,3-5,7H2,1-2H3,(H,8,9). The van der Waals surface area contributed by atoms with E-state index < -0.39 is 13.8 Å². The molecule has 0 amide bonds. The maximum atomic E-state index is 10.2. The first-order valence-electron chi connectivity index (χ1n) is 3.68. The van der Waals surface area contributed by atoms with Crippen LogP contribution < -0.4 is 5.73 Å². The van der Waals surface area contributed by atoms with Gasteiger partial charge in [0.05, 0.1) is 6.61 Å². The smallest absolute Gasteiger partial charge is 0.316 e. The third-order valence-electron chi connectivity index (χ3n) is 1.89. The molecule has 0 rings (SSSR count). The van der Waals surface area contributed by atoms with Gasteiger partial charge in [-0.1, -0.05) is 13.8 Å². The van der Waals surface area contributed by atoms with Crippen molar-refractivity contribution < 1.29 is 14.0 Å². The minimum Gasteiger partial charge on any atom is -0.326 e. The first kappa shape index (κ1) is 11.1. The second kappa shape index (κ2) is 4.88. The summed E-state index contributed by atoms with van der Waals surface area (Å²) in [6.07, 6.45) is 1.50. The molecule has 3 N–H and O–H groups in total. The van der Waals surface area contributed by atoms with Gasteiger partial charge in [-0.2, -0.15) is 0 Å². The van der Waals surface area contributed by atoms with Crippen LogP contribution in [0.1, 0.15) is 26.7 Å². The van der Waals surface area contributed by atoms with E-state index in [2.05, 4.69) is 4.52 Å². The molecule has 0 saturated carbocycles. The molecule has 4 nitrogen and oxygen atoms in total. The lowest BCUT2D eigenvalue weighted by Crippen LogP contribution is -2.42. The Morgan fingerprint density at radius 3 is 2.27 bits per heavy atom. The minimum atomic E-state index is -2.82. The topological polar surface area (TPSA) is 72.5 Å². The highest BCUT2D eigenvalue weighted by Crippen LogP contribution is 2.20. The summed E-state index contributed by atoms with van der Waals surface area (Å²) < 4.78 is 14.8. The Balaban J connectivity index is 3.78. The quantitative estimate of drug-likeness (QED) is 0.618. The van der Waals surface area contributed by atoms with E-state index in [4.69, 9.17) is 10.6 Å². The van der Waals surface area contributed by atoms with E-state index in [1.54, 1.807) is 0 Å². The van der Waals surface area contributed by atoms with Crippen LogP contribution in [0.4, 0.5) is 0 Å². The summed E-state index contributed by atoms with van der Waals surface area (Å²) in [5, 5.41) is 0. The second-order valence-corrected chi connectivity index (χ2v) is 3.44. The summed E-state index contributed by atoms with van der Waals surface area (Å²) in [7, 11) is -2.82. The molecule has 5 heteroatoms. The van der Waals surface area contributed by atoms with Crippen molar-refractivity contribution in [3.05, 3.63) is 0 Å². The van der Waals surface area contributed by atoms with Crippen LogP contribution >= 0.6 is 8.25 Å². The van der Waals surface area contributed by atoms with E-state index in [0.717, 1.165) is 12.8 Å². The summed E-state index contributed by atoms with van der Waals surface area (Å²) in [6.45, 7) is 4.02. The maximum absolute atomic E-state index is 10.2. The van der Waals surface area contributed by atoms with Gasteiger partial charge >= 0.3 is 8.25 Å². The average Bonchev–Trinajstić information content (AvgIpc) is 2.00. The zero-order chi connectivity index (χ0) is 8.91. The van der Waals surface area contributed by atoms with Gasteiger partial charge < -0.3 is 15.2 Å². The van der Waals surface area contributed by atoms with Crippen molar-refractivity contribution in [3.8, 4) is 0 Å². The SMILES string of the molecule is CCC(N)(CC)CO[PH](=O)O. The fraction of sp³-hybridized carbons (Fsp3) is 1.00. The highest BCUT2D eigenvalue weighted by molar-refractivity contribution is 7.32. The van der Waals surface area contributed by atoms with Crippen molar-refractivity contribution >= 4 is 8.25 Å². The van der Waals surface area contributed by atoms with Crippen LogP contribution in [0.3, 0.4) is 0 Å². The van der Waals surface area contributed by atoms with Crippen LogP contribution in [0.15, 0.2) is 0 Å². The molecule has 0 aromatic carbocycles. The third kappa shape index (κ3) is 4.53. The Bertz CT molecular complexity index is 136. The lowest BCUT2D eigenvalue weighted by molar-refractivity contribution is 0.196. The van der Waals surface area contributed by atoms with Crippen molar-refractivity contribution in [2.45, 2.75) is 32.2 Å². The molecule has 0 saturated heterocycles. The van der Waals surface area contributed by atoms with Crippen molar-refractivity contribution in [1.82, 2.24) is 0 Å².